The Kier molecular flexibility index (Phi) is 3.46. The maximum absolute atomic E-state index is 14.2. The molecule has 2 nitrogen and oxygen atoms in total. The Labute approximate surface area is 177 Å². The maximum atomic E-state index is 14.2. The van der Waals surface area contributed by atoms with Crippen molar-refractivity contribution >= 4 is 66.7 Å². The fourth-order valence-electron chi connectivity index (χ4n) is 5.12. The molecule has 4 heteroatoms. The molecule has 0 aliphatic heterocycles. The van der Waals surface area contributed by atoms with Crippen LogP contribution in [0, 0.1) is 12.7 Å². The first-order chi connectivity index (χ1) is 14.3. The fraction of sp³-hybridized carbons (Fsp3) is 0.192. The summed E-state index contributed by atoms with van der Waals surface area (Å²) in [5, 5.41) is 5.95. The Morgan fingerprint density at radius 1 is 0.867 bits per heavy atom. The summed E-state index contributed by atoms with van der Waals surface area (Å²) in [5.41, 5.74) is 6.02. The van der Waals surface area contributed by atoms with Gasteiger partial charge >= 0.3 is 177 Å². The van der Waals surface area contributed by atoms with Gasteiger partial charge in [0.05, 0.1) is 0 Å². The molecule has 0 bridgehead atoms. The molecule has 0 saturated carbocycles. The minimum absolute atomic E-state index is 0.186. The van der Waals surface area contributed by atoms with E-state index in [4.69, 9.17) is 0 Å². The van der Waals surface area contributed by atoms with Crippen LogP contribution in [0.1, 0.15) is 5.56 Å². The van der Waals surface area contributed by atoms with E-state index in [0.29, 0.717) is 0 Å². The van der Waals surface area contributed by atoms with Gasteiger partial charge in [-0.1, -0.05) is 0 Å². The molecule has 0 spiro atoms. The third-order valence-electron chi connectivity index (χ3n) is 6.66. The Hall–Kier alpha value is -2.66. The number of aryl methyl sites for hydroxylation is 2. The molecule has 6 aromatic rings. The Morgan fingerprint density at radius 2 is 1.67 bits per heavy atom. The van der Waals surface area contributed by atoms with Gasteiger partial charge in [0.2, 0.25) is 0 Å². The first-order valence-corrected chi connectivity index (χ1v) is 17.8. The number of pyridine rings is 2. The average molecular weight is 456 g/mol. The summed E-state index contributed by atoms with van der Waals surface area (Å²) >= 11 is -2.07. The van der Waals surface area contributed by atoms with E-state index in [1.807, 2.05) is 6.07 Å². The van der Waals surface area contributed by atoms with Crippen molar-refractivity contribution in [1.29, 1.82) is 0 Å². The molecule has 30 heavy (non-hydrogen) atoms. The van der Waals surface area contributed by atoms with Crippen LogP contribution in [0.3, 0.4) is 0 Å². The summed E-state index contributed by atoms with van der Waals surface area (Å²) < 4.78 is 20.4. The van der Waals surface area contributed by atoms with E-state index in [0.717, 1.165) is 16.3 Å². The van der Waals surface area contributed by atoms with Crippen LogP contribution in [-0.4, -0.2) is 17.7 Å². The van der Waals surface area contributed by atoms with Crippen molar-refractivity contribution in [3.8, 4) is 0 Å². The van der Waals surface area contributed by atoms with Crippen LogP contribution in [0.5, 0.6) is 0 Å². The molecule has 6 rings (SSSR count). The Bertz CT molecular complexity index is 1650. The van der Waals surface area contributed by atoms with E-state index < -0.39 is 13.3 Å². The number of aromatic nitrogens is 2. The van der Waals surface area contributed by atoms with Gasteiger partial charge in [-0.25, -0.2) is 0 Å². The second-order valence-electron chi connectivity index (χ2n) is 9.64. The number of rotatable bonds is 1. The molecule has 3 aromatic heterocycles. The summed E-state index contributed by atoms with van der Waals surface area (Å²) in [7, 11) is 2.13. The molecule has 3 heterocycles. The topological polar surface area (TPSA) is 8.29 Å². The first-order valence-electron chi connectivity index (χ1n) is 10.5. The zero-order valence-corrected chi connectivity index (χ0v) is 20.1. The molecule has 0 N–H and O–H groups in total. The van der Waals surface area contributed by atoms with Crippen LogP contribution in [0.4, 0.5) is 4.39 Å². The van der Waals surface area contributed by atoms with Crippen molar-refractivity contribution in [3.63, 3.8) is 0 Å². The van der Waals surface area contributed by atoms with E-state index in [-0.39, 0.29) is 5.82 Å². The zero-order valence-electron chi connectivity index (χ0n) is 18.0. The molecule has 0 aliphatic carbocycles. The van der Waals surface area contributed by atoms with Gasteiger partial charge in [0, 0.05) is 0 Å². The quantitative estimate of drug-likeness (QED) is 0.128. The standard InChI is InChI=1S/C26H24FGeN2/c1-15-6-8-19-20-13-17(27)7-9-21(20)30-22-14-18(28(2,3)4)12-16-10-11-29(5)26(24(16)22)23(15)25(19)30/h6-14H,1-5H3/q+1. The van der Waals surface area contributed by atoms with Crippen molar-refractivity contribution in [2.24, 2.45) is 7.05 Å². The predicted molar refractivity (Wildman–Crippen MR) is 127 cm³/mol. The predicted octanol–water partition coefficient (Wildman–Crippen LogP) is 5.81. The summed E-state index contributed by atoms with van der Waals surface area (Å²) in [6.07, 6.45) is 2.18. The van der Waals surface area contributed by atoms with E-state index in [1.54, 1.807) is 12.1 Å². The molecule has 0 radical (unpaired) electrons. The molecule has 3 aromatic carbocycles. The van der Waals surface area contributed by atoms with E-state index >= 15 is 0 Å². The SMILES string of the molecule is Cc1ccc2c3cc(F)ccc3n3c4c[c]([Ge]([CH3])([CH3])[CH3])cc5cc[n+](C)c(c1c23)c54. The number of hydrogen-bond acceptors (Lipinski definition) is 0. The second-order valence-corrected chi connectivity index (χ2v) is 20.3. The molecule has 148 valence electrons. The van der Waals surface area contributed by atoms with Gasteiger partial charge in [-0.2, -0.15) is 0 Å². The molecule has 0 unspecified atom stereocenters. The van der Waals surface area contributed by atoms with Crippen LogP contribution in [-0.2, 0) is 7.05 Å². The van der Waals surface area contributed by atoms with Crippen LogP contribution < -0.4 is 8.96 Å². The number of fused-ring (bicyclic) bond motifs is 5. The van der Waals surface area contributed by atoms with Gasteiger partial charge in [-0.3, -0.25) is 0 Å². The van der Waals surface area contributed by atoms with E-state index in [2.05, 4.69) is 76.7 Å². The minimum atomic E-state index is -2.07. The van der Waals surface area contributed by atoms with Gasteiger partial charge in [-0.05, 0) is 0 Å². The number of halogens is 1. The molecule has 0 fully saturated rings. The third-order valence-corrected chi connectivity index (χ3v) is 10.9. The molecular formula is C26H24FGeN2+. The van der Waals surface area contributed by atoms with Crippen molar-refractivity contribution in [2.75, 3.05) is 0 Å². The molecule has 0 atom stereocenters. The van der Waals surface area contributed by atoms with Gasteiger partial charge < -0.3 is 0 Å². The van der Waals surface area contributed by atoms with Gasteiger partial charge in [0.1, 0.15) is 0 Å². The van der Waals surface area contributed by atoms with Crippen molar-refractivity contribution in [2.45, 2.75) is 24.2 Å². The van der Waals surface area contributed by atoms with Gasteiger partial charge in [0.15, 0.2) is 0 Å². The van der Waals surface area contributed by atoms with Gasteiger partial charge in [0.25, 0.3) is 0 Å². The summed E-state index contributed by atoms with van der Waals surface area (Å²) in [5.74, 6) is 7.14. The van der Waals surface area contributed by atoms with Gasteiger partial charge in [-0.15, -0.1) is 0 Å². The van der Waals surface area contributed by atoms with E-state index in [1.165, 1.54) is 42.7 Å². The van der Waals surface area contributed by atoms with Crippen LogP contribution in [0.2, 0.25) is 17.3 Å². The molecule has 0 amide bonds. The first kappa shape index (κ1) is 18.1. The number of nitrogens with zero attached hydrogens (tertiary/aromatic N) is 2. The fourth-order valence-corrected chi connectivity index (χ4v) is 7.55. The van der Waals surface area contributed by atoms with Crippen LogP contribution in [0.15, 0.2) is 54.7 Å². The van der Waals surface area contributed by atoms with Crippen LogP contribution in [0.25, 0.3) is 49.0 Å². The third kappa shape index (κ3) is 2.21. The Balaban J connectivity index is 2.06. The van der Waals surface area contributed by atoms with Crippen molar-refractivity contribution in [3.05, 3.63) is 66.1 Å². The molecular weight excluding hydrogens is 432 g/mol. The number of hydrogen-bond donors (Lipinski definition) is 0. The monoisotopic (exact) mass is 457 g/mol. The summed E-state index contributed by atoms with van der Waals surface area (Å²) in [6, 6.07) is 16.6. The van der Waals surface area contributed by atoms with Crippen molar-refractivity contribution < 1.29 is 8.96 Å². The second kappa shape index (κ2) is 5.73. The number of benzene rings is 3. The summed E-state index contributed by atoms with van der Waals surface area (Å²) in [6.45, 7) is 2.18. The normalized spacial score (nSPS) is 13.0. The molecule has 0 saturated heterocycles. The van der Waals surface area contributed by atoms with Crippen LogP contribution >= 0.6 is 0 Å². The Morgan fingerprint density at radius 3 is 2.43 bits per heavy atom. The summed E-state index contributed by atoms with van der Waals surface area (Å²) in [4.78, 5) is 0. The van der Waals surface area contributed by atoms with Crippen molar-refractivity contribution in [1.82, 2.24) is 4.40 Å². The van der Waals surface area contributed by atoms with E-state index in [9.17, 15) is 4.39 Å². The average Bonchev–Trinajstić information content (AvgIpc) is 3.01. The molecule has 0 aliphatic rings. The zero-order chi connectivity index (χ0) is 20.9.